The molecule has 2 unspecified atom stereocenters. The molecule has 4 aromatic rings. The fourth-order valence-electron chi connectivity index (χ4n) is 5.83. The van der Waals surface area contributed by atoms with E-state index in [1.807, 2.05) is 34.5 Å². The summed E-state index contributed by atoms with van der Waals surface area (Å²) < 4.78 is 1.95. The van der Waals surface area contributed by atoms with Crippen LogP contribution in [-0.2, 0) is 16.1 Å². The number of aromatic amines is 1. The van der Waals surface area contributed by atoms with Gasteiger partial charge in [-0.05, 0) is 73.6 Å². The molecule has 6 heterocycles. The lowest BCUT2D eigenvalue weighted by Crippen LogP contribution is -2.50. The lowest BCUT2D eigenvalue weighted by Gasteiger charge is -2.39. The van der Waals surface area contributed by atoms with Crippen LogP contribution in [0.25, 0.3) is 0 Å². The first kappa shape index (κ1) is 41.4. The second kappa shape index (κ2) is 18.6. The van der Waals surface area contributed by atoms with E-state index in [2.05, 4.69) is 51.2 Å². The molecule has 0 spiro atoms. The van der Waals surface area contributed by atoms with Crippen molar-refractivity contribution in [3.05, 3.63) is 47.7 Å². The number of halogens is 3. The standard InChI is InChI=1S/C16H19ClN6O.C12H13ClN6O.C4H7Br.C2H3N.CH4/c1-3-12-15(24)21(2)13-7-18-16(17)20-14(13)23(12)11-6-19-22(9-11)8-10-4-5-10;1-3-8-11(20)18(2)9-6-14-12(13)17-10(9)19(8)7-4-15-16-5-7;5-3-4-1-2-4;1-2-3;/h6-7,9-10,12H,3-5,8H2,1-2H3;4-6,8H,3H2,1-2H3,(H,15,16);4H,1-3H2;1H3;1H4. The van der Waals surface area contributed by atoms with Crippen molar-refractivity contribution in [3.8, 4) is 6.07 Å². The van der Waals surface area contributed by atoms with Gasteiger partial charge in [-0.2, -0.15) is 25.4 Å². The van der Waals surface area contributed by atoms with Crippen molar-refractivity contribution in [2.45, 2.75) is 85.4 Å². The smallest absolute Gasteiger partial charge is 0.250 e. The average molecular weight is 832 g/mol. The molecule has 4 aliphatic rings. The predicted octanol–water partition coefficient (Wildman–Crippen LogP) is 7.33. The summed E-state index contributed by atoms with van der Waals surface area (Å²) in [6.45, 7) is 6.30. The van der Waals surface area contributed by atoms with Gasteiger partial charge in [0, 0.05) is 45.3 Å². The number of alkyl halides is 1. The second-order valence-electron chi connectivity index (χ2n) is 12.7. The Morgan fingerprint density at radius 1 is 0.849 bits per heavy atom. The van der Waals surface area contributed by atoms with Crippen molar-refractivity contribution in [1.29, 1.82) is 5.26 Å². The molecule has 2 aliphatic heterocycles. The zero-order valence-electron chi connectivity index (χ0n) is 29.7. The van der Waals surface area contributed by atoms with Gasteiger partial charge in [0.05, 0.1) is 42.2 Å². The monoisotopic (exact) mass is 829 g/mol. The normalized spacial score (nSPS) is 18.5. The topological polar surface area (TPSA) is 169 Å². The Morgan fingerprint density at radius 3 is 1.74 bits per heavy atom. The molecule has 2 amide bonds. The molecule has 2 atom stereocenters. The lowest BCUT2D eigenvalue weighted by atomic mass is 10.1. The third-order valence-electron chi connectivity index (χ3n) is 8.97. The molecular weight excluding hydrogens is 785 g/mol. The van der Waals surface area contributed by atoms with E-state index in [0.29, 0.717) is 35.9 Å². The largest absolute Gasteiger partial charge is 0.309 e. The van der Waals surface area contributed by atoms with Crippen molar-refractivity contribution >= 4 is 85.3 Å². The third kappa shape index (κ3) is 9.62. The molecule has 284 valence electrons. The van der Waals surface area contributed by atoms with Gasteiger partial charge in [0.15, 0.2) is 11.6 Å². The molecule has 0 saturated heterocycles. The molecule has 8 rings (SSSR count). The fourth-order valence-corrected chi connectivity index (χ4v) is 6.73. The van der Waals surface area contributed by atoms with Gasteiger partial charge in [0.1, 0.15) is 23.5 Å². The van der Waals surface area contributed by atoms with Gasteiger partial charge >= 0.3 is 0 Å². The molecular formula is C35H46BrCl2N13O2. The molecule has 0 radical (unpaired) electrons. The van der Waals surface area contributed by atoms with Crippen molar-refractivity contribution in [2.24, 2.45) is 11.8 Å². The summed E-state index contributed by atoms with van der Waals surface area (Å²) in [6, 6.07) is 1.09. The Labute approximate surface area is 328 Å². The highest BCUT2D eigenvalue weighted by atomic mass is 79.9. The molecule has 2 aliphatic carbocycles. The maximum Gasteiger partial charge on any atom is 0.250 e. The van der Waals surface area contributed by atoms with Crippen molar-refractivity contribution in [1.82, 2.24) is 39.9 Å². The van der Waals surface area contributed by atoms with Gasteiger partial charge in [-0.1, -0.05) is 37.2 Å². The highest BCUT2D eigenvalue weighted by Crippen LogP contribution is 2.41. The maximum atomic E-state index is 12.8. The SMILES string of the molecule is BrCC1CC1.C.CC#N.CCC1C(=O)N(C)c2cnc(Cl)nc2N1c1cn[nH]c1.CCC1C(=O)N(C)c2cnc(Cl)nc2N1c1cnn(CC2CC2)c1. The summed E-state index contributed by atoms with van der Waals surface area (Å²) in [7, 11) is 3.46. The first-order chi connectivity index (χ1) is 25.1. The number of likely N-dealkylation sites (N-methyl/N-ethyl adjacent to an activating group) is 2. The third-order valence-corrected chi connectivity index (χ3v) is 10.2. The van der Waals surface area contributed by atoms with Crippen LogP contribution in [0, 0.1) is 23.2 Å². The summed E-state index contributed by atoms with van der Waals surface area (Å²) in [5, 5.41) is 20.0. The van der Waals surface area contributed by atoms with Crippen molar-refractivity contribution < 1.29 is 9.59 Å². The molecule has 18 heteroatoms. The number of rotatable bonds is 7. The number of carbonyl (C=O) groups is 2. The van der Waals surface area contributed by atoms with E-state index in [0.717, 1.165) is 29.8 Å². The van der Waals surface area contributed by atoms with Gasteiger partial charge in [0.2, 0.25) is 22.4 Å². The van der Waals surface area contributed by atoms with Gasteiger partial charge in [-0.3, -0.25) is 19.4 Å². The molecule has 0 aromatic carbocycles. The number of carbonyl (C=O) groups excluding carboxylic acids is 2. The molecule has 4 aromatic heterocycles. The van der Waals surface area contributed by atoms with Crippen LogP contribution in [0.3, 0.4) is 0 Å². The number of hydrogen-bond acceptors (Lipinski definition) is 11. The minimum Gasteiger partial charge on any atom is -0.309 e. The Hall–Kier alpha value is -4.33. The summed E-state index contributed by atoms with van der Waals surface area (Å²) in [6.07, 6.45) is 17.1. The lowest BCUT2D eigenvalue weighted by molar-refractivity contribution is -0.120. The number of fused-ring (bicyclic) bond motifs is 2. The first-order valence-corrected chi connectivity index (χ1v) is 19.0. The Kier molecular flexibility index (Phi) is 14.6. The summed E-state index contributed by atoms with van der Waals surface area (Å²) >= 11 is 15.3. The molecule has 2 fully saturated rings. The molecule has 53 heavy (non-hydrogen) atoms. The number of amides is 2. The highest BCUT2D eigenvalue weighted by Gasteiger charge is 2.40. The first-order valence-electron chi connectivity index (χ1n) is 17.1. The van der Waals surface area contributed by atoms with Crippen LogP contribution in [0.4, 0.5) is 34.4 Å². The number of nitrogens with one attached hydrogen (secondary N) is 1. The number of aromatic nitrogens is 8. The number of hydrogen-bond donors (Lipinski definition) is 1. The van der Waals surface area contributed by atoms with E-state index in [1.54, 1.807) is 60.9 Å². The van der Waals surface area contributed by atoms with E-state index < -0.39 is 0 Å². The van der Waals surface area contributed by atoms with E-state index in [1.165, 1.54) is 37.9 Å². The van der Waals surface area contributed by atoms with Crippen LogP contribution in [0.5, 0.6) is 0 Å². The van der Waals surface area contributed by atoms with Crippen LogP contribution in [0.1, 0.15) is 66.7 Å². The van der Waals surface area contributed by atoms with Crippen LogP contribution in [0.2, 0.25) is 10.6 Å². The minimum absolute atomic E-state index is 0. The number of anilines is 6. The second-order valence-corrected chi connectivity index (χ2v) is 14.0. The summed E-state index contributed by atoms with van der Waals surface area (Å²) in [4.78, 5) is 48.8. The highest BCUT2D eigenvalue weighted by molar-refractivity contribution is 9.09. The zero-order valence-corrected chi connectivity index (χ0v) is 32.8. The number of H-pyrrole nitrogens is 1. The van der Waals surface area contributed by atoms with Crippen LogP contribution in [-0.4, -0.2) is 83.2 Å². The molecule has 0 bridgehead atoms. The molecule has 1 N–H and O–H groups in total. The maximum absolute atomic E-state index is 12.8. The fraction of sp³-hybridized carbons (Fsp3) is 0.514. The van der Waals surface area contributed by atoms with Crippen LogP contribution in [0.15, 0.2) is 37.2 Å². The zero-order chi connectivity index (χ0) is 37.5. The average Bonchev–Trinajstić information content (AvgIpc) is 4.05. The van der Waals surface area contributed by atoms with Gasteiger partial charge in [-0.25, -0.2) is 9.97 Å². The molecule has 2 saturated carbocycles. The van der Waals surface area contributed by atoms with E-state index in [4.69, 9.17) is 28.5 Å². The Balaban J connectivity index is 0.000000195. The van der Waals surface area contributed by atoms with E-state index in [-0.39, 0.29) is 41.9 Å². The van der Waals surface area contributed by atoms with Gasteiger partial charge in [0.25, 0.3) is 0 Å². The van der Waals surface area contributed by atoms with Gasteiger partial charge < -0.3 is 19.6 Å². The minimum atomic E-state index is -0.337. The number of nitrogens with zero attached hydrogens (tertiary/aromatic N) is 12. The number of nitriles is 1. The summed E-state index contributed by atoms with van der Waals surface area (Å²) in [5.74, 6) is 3.06. The summed E-state index contributed by atoms with van der Waals surface area (Å²) in [5.41, 5.74) is 2.92. The quantitative estimate of drug-likeness (QED) is 0.146. The van der Waals surface area contributed by atoms with Crippen LogP contribution >= 0.6 is 39.1 Å². The predicted molar refractivity (Wildman–Crippen MR) is 211 cm³/mol. The van der Waals surface area contributed by atoms with Gasteiger partial charge in [-0.15, -0.1) is 0 Å². The molecule has 15 nitrogen and oxygen atoms in total. The van der Waals surface area contributed by atoms with E-state index in [9.17, 15) is 9.59 Å². The van der Waals surface area contributed by atoms with Crippen molar-refractivity contribution in [3.63, 3.8) is 0 Å². The Bertz CT molecular complexity index is 1880. The Morgan fingerprint density at radius 2 is 1.34 bits per heavy atom. The van der Waals surface area contributed by atoms with Crippen LogP contribution < -0.4 is 19.6 Å². The van der Waals surface area contributed by atoms with Crippen molar-refractivity contribution in [2.75, 3.05) is 39.0 Å². The van der Waals surface area contributed by atoms with E-state index >= 15 is 0 Å².